The Kier molecular flexibility index (Phi) is 1.27. The lowest BCUT2D eigenvalue weighted by Crippen LogP contribution is -2.36. The molecule has 1 aliphatic rings. The average molecular weight is 101 g/mol. The van der Waals surface area contributed by atoms with Gasteiger partial charge in [0, 0.05) is 6.54 Å². The van der Waals surface area contributed by atoms with Crippen molar-refractivity contribution in [3.05, 3.63) is 0 Å². The fraction of sp³-hybridized carbons (Fsp3) is 1.00. The Morgan fingerprint density at radius 1 is 1.71 bits per heavy atom. The molecule has 0 aliphatic carbocycles. The van der Waals surface area contributed by atoms with Gasteiger partial charge in [0.05, 0.1) is 12.3 Å². The monoisotopic (exact) mass is 101 g/mol. The van der Waals surface area contributed by atoms with Crippen LogP contribution < -0.4 is 16.4 Å². The summed E-state index contributed by atoms with van der Waals surface area (Å²) in [6, 6.07) is 0. The zero-order valence-electron chi connectivity index (χ0n) is 4.44. The molecule has 0 aromatic heterocycles. The van der Waals surface area contributed by atoms with Crippen molar-refractivity contribution in [2.24, 2.45) is 5.73 Å². The highest BCUT2D eigenvalue weighted by Gasteiger charge is 2.13. The van der Waals surface area contributed by atoms with Crippen molar-refractivity contribution in [1.82, 2.24) is 10.6 Å². The second kappa shape index (κ2) is 1.78. The summed E-state index contributed by atoms with van der Waals surface area (Å²) >= 11 is 0. The van der Waals surface area contributed by atoms with E-state index >= 15 is 0 Å². The van der Waals surface area contributed by atoms with Crippen LogP contribution in [0.4, 0.5) is 0 Å². The van der Waals surface area contributed by atoms with E-state index in [0.29, 0.717) is 6.17 Å². The van der Waals surface area contributed by atoms with E-state index in [-0.39, 0.29) is 6.17 Å². The first-order valence-corrected chi connectivity index (χ1v) is 2.54. The molecule has 0 aromatic rings. The number of rotatable bonds is 0. The molecule has 2 atom stereocenters. The van der Waals surface area contributed by atoms with Gasteiger partial charge in [-0.25, -0.2) is 0 Å². The molecule has 0 amide bonds. The van der Waals surface area contributed by atoms with Gasteiger partial charge in [0.25, 0.3) is 0 Å². The Morgan fingerprint density at radius 3 is 2.57 bits per heavy atom. The van der Waals surface area contributed by atoms with Crippen LogP contribution >= 0.6 is 0 Å². The van der Waals surface area contributed by atoms with Gasteiger partial charge in [0.15, 0.2) is 0 Å². The van der Waals surface area contributed by atoms with Crippen molar-refractivity contribution in [2.45, 2.75) is 19.3 Å². The highest BCUT2D eigenvalue weighted by molar-refractivity contribution is 4.74. The average Bonchev–Trinajstić information content (AvgIpc) is 1.87. The van der Waals surface area contributed by atoms with E-state index in [1.165, 1.54) is 0 Å². The van der Waals surface area contributed by atoms with E-state index in [1.54, 1.807) is 0 Å². The third kappa shape index (κ3) is 1.12. The summed E-state index contributed by atoms with van der Waals surface area (Å²) in [7, 11) is 0. The standard InChI is InChI=1S/C4H11N3/c1-3-6-2-4(5)7-3/h3-4,6-7H,2,5H2,1H3. The van der Waals surface area contributed by atoms with E-state index in [1.807, 2.05) is 6.92 Å². The lowest BCUT2D eigenvalue weighted by molar-refractivity contribution is 0.566. The van der Waals surface area contributed by atoms with Crippen molar-refractivity contribution in [1.29, 1.82) is 0 Å². The van der Waals surface area contributed by atoms with Crippen LogP contribution in [0.1, 0.15) is 6.92 Å². The normalized spacial score (nSPS) is 42.0. The zero-order chi connectivity index (χ0) is 5.28. The van der Waals surface area contributed by atoms with E-state index in [9.17, 15) is 0 Å². The molecule has 0 aromatic carbocycles. The minimum absolute atomic E-state index is 0.162. The molecule has 0 bridgehead atoms. The number of hydrogen-bond acceptors (Lipinski definition) is 3. The summed E-state index contributed by atoms with van der Waals surface area (Å²) in [4.78, 5) is 0. The second-order valence-electron chi connectivity index (χ2n) is 1.90. The third-order valence-corrected chi connectivity index (χ3v) is 1.11. The molecular formula is C4H11N3. The first-order chi connectivity index (χ1) is 3.29. The van der Waals surface area contributed by atoms with Crippen LogP contribution in [0.5, 0.6) is 0 Å². The van der Waals surface area contributed by atoms with Gasteiger partial charge >= 0.3 is 0 Å². The first kappa shape index (κ1) is 5.03. The summed E-state index contributed by atoms with van der Waals surface area (Å²) in [6.45, 7) is 2.94. The van der Waals surface area contributed by atoms with Crippen LogP contribution in [-0.4, -0.2) is 18.9 Å². The van der Waals surface area contributed by atoms with Gasteiger partial charge in [0.1, 0.15) is 0 Å². The number of hydrogen-bond donors (Lipinski definition) is 3. The second-order valence-corrected chi connectivity index (χ2v) is 1.90. The van der Waals surface area contributed by atoms with E-state index in [4.69, 9.17) is 5.73 Å². The molecule has 0 spiro atoms. The van der Waals surface area contributed by atoms with Crippen LogP contribution in [0, 0.1) is 0 Å². The molecule has 1 saturated heterocycles. The number of nitrogens with two attached hydrogens (primary N) is 1. The molecule has 4 N–H and O–H groups in total. The number of nitrogens with one attached hydrogen (secondary N) is 2. The Hall–Kier alpha value is -0.120. The molecule has 3 heteroatoms. The fourth-order valence-corrected chi connectivity index (χ4v) is 0.743. The van der Waals surface area contributed by atoms with Crippen molar-refractivity contribution in [3.63, 3.8) is 0 Å². The summed E-state index contributed by atoms with van der Waals surface area (Å²) in [5, 5.41) is 6.22. The van der Waals surface area contributed by atoms with E-state index in [2.05, 4.69) is 10.6 Å². The van der Waals surface area contributed by atoms with Gasteiger partial charge in [-0.3, -0.25) is 10.6 Å². The van der Waals surface area contributed by atoms with Crippen molar-refractivity contribution < 1.29 is 0 Å². The smallest absolute Gasteiger partial charge is 0.0687 e. The lowest BCUT2D eigenvalue weighted by atomic mass is 10.6. The van der Waals surface area contributed by atoms with Crippen molar-refractivity contribution >= 4 is 0 Å². The van der Waals surface area contributed by atoms with E-state index in [0.717, 1.165) is 6.54 Å². The van der Waals surface area contributed by atoms with Gasteiger partial charge in [0.2, 0.25) is 0 Å². The molecule has 1 fully saturated rings. The Balaban J connectivity index is 2.26. The lowest BCUT2D eigenvalue weighted by Gasteiger charge is -2.00. The highest BCUT2D eigenvalue weighted by atomic mass is 15.3. The van der Waals surface area contributed by atoms with Crippen molar-refractivity contribution in [2.75, 3.05) is 6.54 Å². The molecule has 1 aliphatic heterocycles. The molecule has 0 saturated carbocycles. The predicted molar refractivity (Wildman–Crippen MR) is 28.6 cm³/mol. The van der Waals surface area contributed by atoms with Gasteiger partial charge in [-0.15, -0.1) is 0 Å². The maximum atomic E-state index is 5.45. The Bertz CT molecular complexity index is 56.0. The molecule has 2 unspecified atom stereocenters. The molecule has 3 nitrogen and oxygen atoms in total. The maximum Gasteiger partial charge on any atom is 0.0687 e. The van der Waals surface area contributed by atoms with Crippen LogP contribution in [0.15, 0.2) is 0 Å². The van der Waals surface area contributed by atoms with Crippen molar-refractivity contribution in [3.8, 4) is 0 Å². The van der Waals surface area contributed by atoms with E-state index < -0.39 is 0 Å². The summed E-state index contributed by atoms with van der Waals surface area (Å²) in [5.41, 5.74) is 5.45. The van der Waals surface area contributed by atoms with Crippen LogP contribution in [0.25, 0.3) is 0 Å². The molecule has 42 valence electrons. The van der Waals surface area contributed by atoms with Gasteiger partial charge < -0.3 is 5.73 Å². The largest absolute Gasteiger partial charge is 0.315 e. The Labute approximate surface area is 43.3 Å². The van der Waals surface area contributed by atoms with Crippen LogP contribution in [-0.2, 0) is 0 Å². The fourth-order valence-electron chi connectivity index (χ4n) is 0.743. The first-order valence-electron chi connectivity index (χ1n) is 2.54. The molecule has 0 radical (unpaired) electrons. The minimum atomic E-state index is 0.162. The molecule has 1 rings (SSSR count). The highest BCUT2D eigenvalue weighted by Crippen LogP contribution is 1.84. The quantitative estimate of drug-likeness (QED) is 0.359. The maximum absolute atomic E-state index is 5.45. The summed E-state index contributed by atoms with van der Waals surface area (Å²) in [6.07, 6.45) is 0.560. The van der Waals surface area contributed by atoms with Gasteiger partial charge in [-0.2, -0.15) is 0 Å². The molecule has 7 heavy (non-hydrogen) atoms. The van der Waals surface area contributed by atoms with Gasteiger partial charge in [-0.05, 0) is 6.92 Å². The summed E-state index contributed by atoms with van der Waals surface area (Å²) < 4.78 is 0. The SMILES string of the molecule is CC1NCC(N)N1. The predicted octanol–water partition coefficient (Wildman–Crippen LogP) is -1.19. The molecular weight excluding hydrogens is 90.1 g/mol. The zero-order valence-corrected chi connectivity index (χ0v) is 4.44. The molecule has 1 heterocycles. The Morgan fingerprint density at radius 2 is 2.43 bits per heavy atom. The van der Waals surface area contributed by atoms with Crippen LogP contribution in [0.2, 0.25) is 0 Å². The third-order valence-electron chi connectivity index (χ3n) is 1.11. The topological polar surface area (TPSA) is 50.1 Å². The summed E-state index contributed by atoms with van der Waals surface area (Å²) in [5.74, 6) is 0. The van der Waals surface area contributed by atoms with Crippen LogP contribution in [0.3, 0.4) is 0 Å². The van der Waals surface area contributed by atoms with Gasteiger partial charge in [-0.1, -0.05) is 0 Å². The minimum Gasteiger partial charge on any atom is -0.315 e.